The van der Waals surface area contributed by atoms with Crippen molar-refractivity contribution in [3.05, 3.63) is 30.1 Å². The number of pyridine rings is 1. The Bertz CT molecular complexity index is 1080. The van der Waals surface area contributed by atoms with Crippen molar-refractivity contribution in [1.82, 2.24) is 15.4 Å². The number of hydrazine groups is 1. The fourth-order valence-corrected chi connectivity index (χ4v) is 6.16. The number of nitrogens with zero attached hydrogens (tertiary/aromatic N) is 2. The molecule has 0 saturated carbocycles. The lowest BCUT2D eigenvalue weighted by atomic mass is 9.86. The molecule has 1 unspecified atom stereocenters. The van der Waals surface area contributed by atoms with E-state index in [1.54, 1.807) is 45.2 Å². The number of nitrogens with one attached hydrogen (secondary N) is 1. The molecule has 0 radical (unpaired) electrons. The lowest BCUT2D eigenvalue weighted by Gasteiger charge is -2.41. The molecule has 1 heterocycles. The van der Waals surface area contributed by atoms with Gasteiger partial charge in [0.1, 0.15) is 5.60 Å². The number of hydrogen-bond donors (Lipinski definition) is 2. The topological polar surface area (TPSA) is 124 Å². The van der Waals surface area contributed by atoms with Crippen LogP contribution in [0.3, 0.4) is 0 Å². The minimum Gasteiger partial charge on any atom is -0.443 e. The van der Waals surface area contributed by atoms with Gasteiger partial charge in [-0.3, -0.25) is 14.6 Å². The average Bonchev–Trinajstić information content (AvgIpc) is 2.91. The summed E-state index contributed by atoms with van der Waals surface area (Å²) >= 11 is 0. The first-order valence-corrected chi connectivity index (χ1v) is 19.6. The second kappa shape index (κ2) is 17.0. The Labute approximate surface area is 274 Å². The van der Waals surface area contributed by atoms with Crippen LogP contribution < -0.4 is 11.2 Å². The lowest BCUT2D eigenvalue weighted by molar-refractivity contribution is -0.150. The zero-order valence-electron chi connectivity index (χ0n) is 30.7. The van der Waals surface area contributed by atoms with Crippen LogP contribution in [0.1, 0.15) is 121 Å². The van der Waals surface area contributed by atoms with E-state index in [4.69, 9.17) is 14.9 Å². The molecule has 0 aliphatic carbocycles. The molecule has 0 aromatic carbocycles. The molecular weight excluding hydrogens is 584 g/mol. The van der Waals surface area contributed by atoms with Crippen molar-refractivity contribution < 1.29 is 23.5 Å². The highest BCUT2D eigenvalue weighted by molar-refractivity contribution is 6.74. The van der Waals surface area contributed by atoms with Gasteiger partial charge in [-0.05, 0) is 88.1 Å². The van der Waals surface area contributed by atoms with E-state index in [-0.39, 0.29) is 23.0 Å². The van der Waals surface area contributed by atoms with Crippen LogP contribution in [-0.2, 0) is 18.8 Å². The fraction of sp³-hybridized carbons (Fsp3) is 0.771. The molecule has 1 rings (SSSR count). The van der Waals surface area contributed by atoms with Crippen molar-refractivity contribution in [2.24, 2.45) is 29.4 Å². The molecule has 258 valence electrons. The highest BCUT2D eigenvalue weighted by Crippen LogP contribution is 2.39. The summed E-state index contributed by atoms with van der Waals surface area (Å²) in [6, 6.07) is 3.05. The molecule has 2 amide bonds. The van der Waals surface area contributed by atoms with Crippen LogP contribution in [0.5, 0.6) is 0 Å². The molecule has 0 aliphatic heterocycles. The highest BCUT2D eigenvalue weighted by atomic mass is 28.4. The lowest BCUT2D eigenvalue weighted by Crippen LogP contribution is -2.57. The summed E-state index contributed by atoms with van der Waals surface area (Å²) in [5.41, 5.74) is 8.66. The zero-order chi connectivity index (χ0) is 34.9. The van der Waals surface area contributed by atoms with Crippen molar-refractivity contribution in [2.45, 2.75) is 151 Å². The zero-order valence-corrected chi connectivity index (χ0v) is 31.7. The van der Waals surface area contributed by atoms with Gasteiger partial charge in [0.2, 0.25) is 5.91 Å². The largest absolute Gasteiger partial charge is 0.443 e. The van der Waals surface area contributed by atoms with Gasteiger partial charge in [0.25, 0.3) is 0 Å². The van der Waals surface area contributed by atoms with Crippen molar-refractivity contribution >= 4 is 26.1 Å². The summed E-state index contributed by atoms with van der Waals surface area (Å²) in [5, 5.41) is 1.13. The number of aromatic nitrogens is 1. The Hall–Kier alpha value is -2.30. The predicted molar refractivity (Wildman–Crippen MR) is 185 cm³/mol. The third kappa shape index (κ3) is 12.8. The van der Waals surface area contributed by atoms with Crippen molar-refractivity contribution in [3.63, 3.8) is 0 Å². The Morgan fingerprint density at radius 2 is 1.60 bits per heavy atom. The highest BCUT2D eigenvalue weighted by Gasteiger charge is 2.44. The Morgan fingerprint density at radius 3 is 2.04 bits per heavy atom. The molecule has 3 N–H and O–H groups in total. The first-order chi connectivity index (χ1) is 20.5. The number of ether oxygens (including phenoxy) is 1. The summed E-state index contributed by atoms with van der Waals surface area (Å²) < 4.78 is 12.5. The maximum absolute atomic E-state index is 14.8. The van der Waals surface area contributed by atoms with Gasteiger partial charge in [0.05, 0.1) is 11.7 Å². The first kappa shape index (κ1) is 40.7. The van der Waals surface area contributed by atoms with Gasteiger partial charge in [-0.1, -0.05) is 74.8 Å². The van der Waals surface area contributed by atoms with Crippen LogP contribution in [0.2, 0.25) is 18.1 Å². The van der Waals surface area contributed by atoms with Gasteiger partial charge in [-0.2, -0.15) is 0 Å². The maximum atomic E-state index is 14.8. The SMILES string of the molecule is CC[C@H](C)[C@H](N)C(=O)C(c1ccccn1)N(NC(=O)OC(C)(C)C)C(=O)[C@@H](C[C@H](CCC(C)C)O[Si](C)(C)C(C)(C)C)C(C)C. The molecule has 10 heteroatoms. The molecular formula is C35H64N4O5Si. The number of nitrogens with two attached hydrogens (primary N) is 1. The Kier molecular flexibility index (Phi) is 15.4. The molecule has 0 bridgehead atoms. The predicted octanol–water partition coefficient (Wildman–Crippen LogP) is 7.82. The molecule has 45 heavy (non-hydrogen) atoms. The third-order valence-corrected chi connectivity index (χ3v) is 13.4. The average molecular weight is 649 g/mol. The van der Waals surface area contributed by atoms with Gasteiger partial charge in [0, 0.05) is 18.2 Å². The third-order valence-electron chi connectivity index (χ3n) is 8.90. The summed E-state index contributed by atoms with van der Waals surface area (Å²) in [4.78, 5) is 46.7. The van der Waals surface area contributed by atoms with Crippen molar-refractivity contribution in [1.29, 1.82) is 0 Å². The molecule has 0 saturated heterocycles. The van der Waals surface area contributed by atoms with Crippen LogP contribution >= 0.6 is 0 Å². The quantitative estimate of drug-likeness (QED) is 0.147. The number of amides is 2. The molecule has 1 aromatic rings. The van der Waals surface area contributed by atoms with E-state index in [1.165, 1.54) is 0 Å². The number of hydrogen-bond acceptors (Lipinski definition) is 7. The number of ketones is 1. The molecule has 1 aromatic heterocycles. The van der Waals surface area contributed by atoms with E-state index in [9.17, 15) is 14.4 Å². The minimum atomic E-state index is -2.18. The standard InChI is InChI=1S/C35H64N4O5Si/c1-15-25(6)29(36)31(40)30(28-18-16-17-21-37-28)39(38-33(42)43-34(7,8)9)32(41)27(24(4)5)22-26(20-19-23(2)3)44-45(13,14)35(10,11)12/h16-18,21,23-27,29-30H,15,19-20,22,36H2,1-14H3,(H,38,42)/t25-,26-,27-,29-,30?/m0/s1. The van der Waals surface area contributed by atoms with Crippen LogP contribution in [0.4, 0.5) is 4.79 Å². The van der Waals surface area contributed by atoms with Crippen molar-refractivity contribution in [3.8, 4) is 0 Å². The van der Waals surface area contributed by atoms with E-state index < -0.39 is 49.7 Å². The van der Waals surface area contributed by atoms with Gasteiger partial charge < -0.3 is 14.9 Å². The number of rotatable bonds is 15. The molecule has 0 fully saturated rings. The monoisotopic (exact) mass is 648 g/mol. The van der Waals surface area contributed by atoms with Gasteiger partial charge in [-0.15, -0.1) is 0 Å². The number of Topliss-reactive ketones (excluding diaryl/α,β-unsaturated/α-hetero) is 1. The second-order valence-corrected chi connectivity index (χ2v) is 20.6. The van der Waals surface area contributed by atoms with Crippen molar-refractivity contribution in [2.75, 3.05) is 0 Å². The molecule has 0 spiro atoms. The van der Waals surface area contributed by atoms with E-state index in [1.807, 2.05) is 27.7 Å². The first-order valence-electron chi connectivity index (χ1n) is 16.7. The maximum Gasteiger partial charge on any atom is 0.426 e. The summed E-state index contributed by atoms with van der Waals surface area (Å²) in [5.74, 6) is -1.16. The number of carbonyl (C=O) groups is 3. The summed E-state index contributed by atoms with van der Waals surface area (Å²) in [7, 11) is -2.18. The molecule has 9 nitrogen and oxygen atoms in total. The smallest absolute Gasteiger partial charge is 0.426 e. The van der Waals surface area contributed by atoms with E-state index in [0.717, 1.165) is 17.9 Å². The summed E-state index contributed by atoms with van der Waals surface area (Å²) in [6.45, 7) is 28.5. The van der Waals surface area contributed by atoms with E-state index in [2.05, 4.69) is 58.1 Å². The molecule has 0 aliphatic rings. The molecule has 5 atom stereocenters. The van der Waals surface area contributed by atoms with E-state index in [0.29, 0.717) is 24.5 Å². The normalized spacial score (nSPS) is 16.1. The fourth-order valence-electron chi connectivity index (χ4n) is 4.76. The van der Waals surface area contributed by atoms with Gasteiger partial charge in [-0.25, -0.2) is 15.2 Å². The second-order valence-electron chi connectivity index (χ2n) is 15.9. The van der Waals surface area contributed by atoms with Crippen LogP contribution in [0.15, 0.2) is 24.4 Å². The van der Waals surface area contributed by atoms with E-state index >= 15 is 0 Å². The van der Waals surface area contributed by atoms with Crippen LogP contribution in [-0.4, -0.2) is 53.8 Å². The Balaban J connectivity index is 3.76. The summed E-state index contributed by atoms with van der Waals surface area (Å²) in [6.07, 6.45) is 3.45. The number of carbonyl (C=O) groups excluding carboxylic acids is 3. The van der Waals surface area contributed by atoms with Crippen LogP contribution in [0.25, 0.3) is 0 Å². The van der Waals surface area contributed by atoms with Gasteiger partial charge >= 0.3 is 6.09 Å². The van der Waals surface area contributed by atoms with Crippen LogP contribution in [0, 0.1) is 23.7 Å². The van der Waals surface area contributed by atoms with Gasteiger partial charge in [0.15, 0.2) is 20.1 Å². The minimum absolute atomic E-state index is 0.00662. The Morgan fingerprint density at radius 1 is 1.00 bits per heavy atom.